The van der Waals surface area contributed by atoms with Crippen LogP contribution in [0.2, 0.25) is 10.0 Å². The molecule has 0 atom stereocenters. The van der Waals surface area contributed by atoms with E-state index in [1.807, 2.05) is 18.2 Å². The number of halogens is 2. The van der Waals surface area contributed by atoms with E-state index < -0.39 is 0 Å². The molecule has 4 heteroatoms. The van der Waals surface area contributed by atoms with Crippen LogP contribution in [0.1, 0.15) is 0 Å². The average Bonchev–Trinajstić information content (AvgIpc) is 3.23. The highest BCUT2D eigenvalue weighted by atomic mass is 35.5. The SMILES string of the molecule is Clc1cccc2c1c1ccc(Cl)c3c1n2c1cccc2c4ccccc4n3c21. The van der Waals surface area contributed by atoms with Gasteiger partial charge in [-0.05, 0) is 30.3 Å². The summed E-state index contributed by atoms with van der Waals surface area (Å²) in [4.78, 5) is 0. The Labute approximate surface area is 169 Å². The van der Waals surface area contributed by atoms with Crippen molar-refractivity contribution in [3.63, 3.8) is 0 Å². The predicted molar refractivity (Wildman–Crippen MR) is 120 cm³/mol. The van der Waals surface area contributed by atoms with Gasteiger partial charge in [-0.2, -0.15) is 0 Å². The van der Waals surface area contributed by atoms with Crippen LogP contribution < -0.4 is 0 Å². The summed E-state index contributed by atoms with van der Waals surface area (Å²) >= 11 is 13.5. The van der Waals surface area contributed by atoms with Crippen molar-refractivity contribution in [3.05, 3.63) is 82.8 Å². The topological polar surface area (TPSA) is 8.82 Å². The third kappa shape index (κ3) is 1.55. The first-order valence-corrected chi connectivity index (χ1v) is 9.95. The van der Waals surface area contributed by atoms with Gasteiger partial charge in [-0.1, -0.05) is 65.7 Å². The minimum absolute atomic E-state index is 0.741. The van der Waals surface area contributed by atoms with Crippen LogP contribution >= 0.6 is 23.2 Å². The van der Waals surface area contributed by atoms with Crippen molar-refractivity contribution in [2.24, 2.45) is 0 Å². The summed E-state index contributed by atoms with van der Waals surface area (Å²) in [5.41, 5.74) is 6.75. The van der Waals surface area contributed by atoms with Gasteiger partial charge in [-0.25, -0.2) is 0 Å². The van der Waals surface area contributed by atoms with Crippen LogP contribution in [0.25, 0.3) is 54.6 Å². The molecule has 0 aliphatic heterocycles. The number of hydrogen-bond donors (Lipinski definition) is 0. The zero-order chi connectivity index (χ0) is 18.6. The molecule has 0 spiro atoms. The van der Waals surface area contributed by atoms with Crippen LogP contribution in [0.4, 0.5) is 0 Å². The maximum atomic E-state index is 6.82. The van der Waals surface area contributed by atoms with Gasteiger partial charge in [0, 0.05) is 21.5 Å². The van der Waals surface area contributed by atoms with Gasteiger partial charge in [-0.15, -0.1) is 0 Å². The number of para-hydroxylation sites is 2. The molecule has 3 heterocycles. The molecule has 4 aromatic carbocycles. The Kier molecular flexibility index (Phi) is 2.64. The lowest BCUT2D eigenvalue weighted by molar-refractivity contribution is 1.26. The van der Waals surface area contributed by atoms with Crippen LogP contribution in [0.5, 0.6) is 0 Å². The molecule has 0 N–H and O–H groups in total. The highest BCUT2D eigenvalue weighted by Crippen LogP contribution is 2.43. The lowest BCUT2D eigenvalue weighted by Crippen LogP contribution is -1.97. The Morgan fingerprint density at radius 1 is 0.464 bits per heavy atom. The summed E-state index contributed by atoms with van der Waals surface area (Å²) in [6, 6.07) is 25.2. The average molecular weight is 399 g/mol. The lowest BCUT2D eigenvalue weighted by Gasteiger charge is -2.12. The fourth-order valence-electron chi connectivity index (χ4n) is 4.95. The highest BCUT2D eigenvalue weighted by Gasteiger charge is 2.22. The van der Waals surface area contributed by atoms with Gasteiger partial charge >= 0.3 is 0 Å². The number of nitrogens with zero attached hydrogens (tertiary/aromatic N) is 2. The number of fused-ring (bicyclic) bond motifs is 8. The number of rotatable bonds is 0. The third-order valence-corrected chi connectivity index (χ3v) is 6.59. The molecule has 0 radical (unpaired) electrons. The van der Waals surface area contributed by atoms with Crippen LogP contribution in [0, 0.1) is 0 Å². The molecule has 0 unspecified atom stereocenters. The van der Waals surface area contributed by atoms with Crippen LogP contribution in [0.15, 0.2) is 72.8 Å². The summed E-state index contributed by atoms with van der Waals surface area (Å²) < 4.78 is 4.64. The summed E-state index contributed by atoms with van der Waals surface area (Å²) in [5, 5.41) is 6.17. The van der Waals surface area contributed by atoms with E-state index in [1.165, 1.54) is 21.8 Å². The van der Waals surface area contributed by atoms with Gasteiger partial charge in [0.2, 0.25) is 0 Å². The summed E-state index contributed by atoms with van der Waals surface area (Å²) in [6.45, 7) is 0. The molecule has 0 fully saturated rings. The van der Waals surface area contributed by atoms with E-state index in [-0.39, 0.29) is 0 Å². The van der Waals surface area contributed by atoms with Crippen molar-refractivity contribution < 1.29 is 0 Å². The number of aromatic nitrogens is 2. The first kappa shape index (κ1) is 15.0. The zero-order valence-corrected chi connectivity index (χ0v) is 16.1. The smallest absolute Gasteiger partial charge is 0.0898 e. The first-order chi connectivity index (χ1) is 13.8. The molecule has 3 aromatic heterocycles. The van der Waals surface area contributed by atoms with Crippen molar-refractivity contribution in [1.29, 1.82) is 0 Å². The summed E-state index contributed by atoms with van der Waals surface area (Å²) in [5.74, 6) is 0. The van der Waals surface area contributed by atoms with Crippen LogP contribution in [0.3, 0.4) is 0 Å². The largest absolute Gasteiger partial charge is 0.305 e. The van der Waals surface area contributed by atoms with Gasteiger partial charge in [-0.3, -0.25) is 0 Å². The van der Waals surface area contributed by atoms with Gasteiger partial charge in [0.25, 0.3) is 0 Å². The highest BCUT2D eigenvalue weighted by molar-refractivity contribution is 6.41. The number of benzene rings is 4. The van der Waals surface area contributed by atoms with Gasteiger partial charge in [0.05, 0.1) is 43.1 Å². The second-order valence-corrected chi connectivity index (χ2v) is 8.10. The Hall–Kier alpha value is -2.94. The van der Waals surface area contributed by atoms with Crippen molar-refractivity contribution >= 4 is 77.8 Å². The fourth-order valence-corrected chi connectivity index (χ4v) is 5.45. The molecule has 0 bridgehead atoms. The molecule has 0 aliphatic rings. The Bertz CT molecular complexity index is 1740. The Balaban J connectivity index is 2.02. The van der Waals surface area contributed by atoms with E-state index in [4.69, 9.17) is 23.2 Å². The molecular weight excluding hydrogens is 387 g/mol. The second-order valence-electron chi connectivity index (χ2n) is 7.29. The quantitative estimate of drug-likeness (QED) is 0.233. The normalized spacial score (nSPS) is 12.6. The molecular formula is C24H12Cl2N2. The Morgan fingerprint density at radius 3 is 2.14 bits per heavy atom. The summed E-state index contributed by atoms with van der Waals surface area (Å²) in [6.07, 6.45) is 0. The molecule has 7 rings (SSSR count). The summed E-state index contributed by atoms with van der Waals surface area (Å²) in [7, 11) is 0. The molecule has 7 aromatic rings. The van der Waals surface area contributed by atoms with Gasteiger partial charge in [0.15, 0.2) is 0 Å². The van der Waals surface area contributed by atoms with Gasteiger partial charge < -0.3 is 8.80 Å². The number of hydrogen-bond acceptors (Lipinski definition) is 0. The van der Waals surface area contributed by atoms with Crippen molar-refractivity contribution in [3.8, 4) is 0 Å². The minimum Gasteiger partial charge on any atom is -0.305 e. The molecule has 0 saturated heterocycles. The Morgan fingerprint density at radius 2 is 1.21 bits per heavy atom. The second kappa shape index (κ2) is 4.91. The minimum atomic E-state index is 0.741. The maximum Gasteiger partial charge on any atom is 0.0898 e. The molecule has 0 aliphatic carbocycles. The molecule has 28 heavy (non-hydrogen) atoms. The van der Waals surface area contributed by atoms with E-state index in [0.29, 0.717) is 0 Å². The standard InChI is InChI=1S/C24H12Cl2N2/c25-16-7-4-9-19-21(16)15-11-12-17(26)24-23(15)27(19)20-10-3-6-14-13-5-1-2-8-18(13)28(24)22(14)20/h1-12H. The third-order valence-electron chi connectivity index (χ3n) is 5.97. The van der Waals surface area contributed by atoms with Crippen LogP contribution in [-0.2, 0) is 0 Å². The lowest BCUT2D eigenvalue weighted by atomic mass is 10.1. The van der Waals surface area contributed by atoms with Crippen molar-refractivity contribution in [2.45, 2.75) is 0 Å². The van der Waals surface area contributed by atoms with E-state index in [0.717, 1.165) is 42.9 Å². The van der Waals surface area contributed by atoms with E-state index in [1.54, 1.807) is 0 Å². The van der Waals surface area contributed by atoms with Crippen molar-refractivity contribution in [2.75, 3.05) is 0 Å². The first-order valence-electron chi connectivity index (χ1n) is 9.20. The molecule has 0 saturated carbocycles. The predicted octanol–water partition coefficient (Wildman–Crippen LogP) is 7.55. The molecule has 2 nitrogen and oxygen atoms in total. The van der Waals surface area contributed by atoms with E-state index in [2.05, 4.69) is 63.4 Å². The maximum absolute atomic E-state index is 6.82. The fraction of sp³-hybridized carbons (Fsp3) is 0. The molecule has 132 valence electrons. The van der Waals surface area contributed by atoms with E-state index >= 15 is 0 Å². The molecule has 0 amide bonds. The van der Waals surface area contributed by atoms with Crippen LogP contribution in [-0.4, -0.2) is 8.80 Å². The zero-order valence-electron chi connectivity index (χ0n) is 14.6. The monoisotopic (exact) mass is 398 g/mol. The van der Waals surface area contributed by atoms with E-state index in [9.17, 15) is 0 Å². The van der Waals surface area contributed by atoms with Gasteiger partial charge in [0.1, 0.15) is 0 Å². The van der Waals surface area contributed by atoms with Crippen molar-refractivity contribution in [1.82, 2.24) is 8.80 Å².